The molecule has 0 bridgehead atoms. The third-order valence-electron chi connectivity index (χ3n) is 3.52. The molecule has 1 aliphatic rings. The van der Waals surface area contributed by atoms with E-state index in [2.05, 4.69) is 28.2 Å². The largest absolute Gasteiger partial charge is 0.393 e. The SMILES string of the molecule is CCOCC(C)Nc1cccnc1N1CCC(O)CC1. The van der Waals surface area contributed by atoms with E-state index in [-0.39, 0.29) is 12.1 Å². The van der Waals surface area contributed by atoms with E-state index in [0.717, 1.165) is 44.0 Å². The highest BCUT2D eigenvalue weighted by atomic mass is 16.5. The summed E-state index contributed by atoms with van der Waals surface area (Å²) in [5.74, 6) is 0.975. The Kier molecular flexibility index (Phi) is 5.61. The lowest BCUT2D eigenvalue weighted by molar-refractivity contribution is 0.141. The zero-order valence-electron chi connectivity index (χ0n) is 12.4. The van der Waals surface area contributed by atoms with Crippen LogP contribution in [0.5, 0.6) is 0 Å². The number of pyridine rings is 1. The van der Waals surface area contributed by atoms with Gasteiger partial charge in [-0.3, -0.25) is 0 Å². The highest BCUT2D eigenvalue weighted by molar-refractivity contribution is 5.65. The Labute approximate surface area is 121 Å². The molecule has 0 saturated carbocycles. The van der Waals surface area contributed by atoms with Crippen LogP contribution in [0.15, 0.2) is 18.3 Å². The van der Waals surface area contributed by atoms with Crippen molar-refractivity contribution in [3.05, 3.63) is 18.3 Å². The number of nitrogens with zero attached hydrogens (tertiary/aromatic N) is 2. The highest BCUT2D eigenvalue weighted by Gasteiger charge is 2.20. The van der Waals surface area contributed by atoms with Gasteiger partial charge in [-0.25, -0.2) is 4.98 Å². The Hall–Kier alpha value is -1.33. The molecule has 0 radical (unpaired) electrons. The predicted octanol–water partition coefficient (Wildman–Crippen LogP) is 1.88. The number of ether oxygens (including phenoxy) is 1. The molecule has 0 spiro atoms. The van der Waals surface area contributed by atoms with Crippen LogP contribution in [0.2, 0.25) is 0 Å². The van der Waals surface area contributed by atoms with Gasteiger partial charge in [0, 0.05) is 31.9 Å². The standard InChI is InChI=1S/C15H25N3O2/c1-3-20-11-12(2)17-14-5-4-8-16-15(14)18-9-6-13(19)7-10-18/h4-5,8,12-13,17,19H,3,6-7,9-11H2,1-2H3. The number of aliphatic hydroxyl groups is 1. The number of aromatic nitrogens is 1. The van der Waals surface area contributed by atoms with Gasteiger partial charge < -0.3 is 20.1 Å². The van der Waals surface area contributed by atoms with Crippen molar-refractivity contribution in [2.24, 2.45) is 0 Å². The molecule has 1 saturated heterocycles. The van der Waals surface area contributed by atoms with Crippen molar-refractivity contribution < 1.29 is 9.84 Å². The molecule has 1 fully saturated rings. The average molecular weight is 279 g/mol. The molecule has 1 aromatic heterocycles. The van der Waals surface area contributed by atoms with Gasteiger partial charge in [0.2, 0.25) is 0 Å². The fraction of sp³-hybridized carbons (Fsp3) is 0.667. The molecule has 1 unspecified atom stereocenters. The minimum atomic E-state index is -0.164. The van der Waals surface area contributed by atoms with Gasteiger partial charge in [-0.1, -0.05) is 0 Å². The maximum absolute atomic E-state index is 9.61. The monoisotopic (exact) mass is 279 g/mol. The van der Waals surface area contributed by atoms with Crippen molar-refractivity contribution in [3.63, 3.8) is 0 Å². The first kappa shape index (κ1) is 15.1. The smallest absolute Gasteiger partial charge is 0.151 e. The topological polar surface area (TPSA) is 57.6 Å². The number of hydrogen-bond acceptors (Lipinski definition) is 5. The Bertz CT molecular complexity index is 406. The molecule has 0 amide bonds. The minimum absolute atomic E-state index is 0.164. The third-order valence-corrected chi connectivity index (χ3v) is 3.52. The fourth-order valence-corrected chi connectivity index (χ4v) is 2.44. The lowest BCUT2D eigenvalue weighted by atomic mass is 10.1. The van der Waals surface area contributed by atoms with Crippen molar-refractivity contribution in [2.45, 2.75) is 38.8 Å². The van der Waals surface area contributed by atoms with Crippen LogP contribution >= 0.6 is 0 Å². The molecule has 1 aromatic rings. The van der Waals surface area contributed by atoms with Crippen LogP contribution in [-0.4, -0.2) is 48.5 Å². The van der Waals surface area contributed by atoms with Crippen LogP contribution in [0, 0.1) is 0 Å². The maximum Gasteiger partial charge on any atom is 0.151 e. The van der Waals surface area contributed by atoms with Crippen LogP contribution in [0.1, 0.15) is 26.7 Å². The summed E-state index contributed by atoms with van der Waals surface area (Å²) >= 11 is 0. The second-order valence-corrected chi connectivity index (χ2v) is 5.30. The zero-order valence-corrected chi connectivity index (χ0v) is 12.4. The molecule has 1 atom stereocenters. The van der Waals surface area contributed by atoms with E-state index in [0.29, 0.717) is 6.61 Å². The van der Waals surface area contributed by atoms with Gasteiger partial charge >= 0.3 is 0 Å². The molecule has 2 rings (SSSR count). The number of nitrogens with one attached hydrogen (secondary N) is 1. The molecule has 2 heterocycles. The second-order valence-electron chi connectivity index (χ2n) is 5.30. The summed E-state index contributed by atoms with van der Waals surface area (Å²) in [6.07, 6.45) is 3.27. The summed E-state index contributed by atoms with van der Waals surface area (Å²) in [4.78, 5) is 6.74. The maximum atomic E-state index is 9.61. The molecule has 20 heavy (non-hydrogen) atoms. The average Bonchev–Trinajstić information content (AvgIpc) is 2.47. The number of hydrogen-bond donors (Lipinski definition) is 2. The Morgan fingerprint density at radius 1 is 1.50 bits per heavy atom. The Balaban J connectivity index is 2.02. The molecule has 0 aromatic carbocycles. The van der Waals surface area contributed by atoms with E-state index in [1.54, 1.807) is 0 Å². The fourth-order valence-electron chi connectivity index (χ4n) is 2.44. The molecular weight excluding hydrogens is 254 g/mol. The lowest BCUT2D eigenvalue weighted by Crippen LogP contribution is -2.37. The van der Waals surface area contributed by atoms with Crippen LogP contribution < -0.4 is 10.2 Å². The van der Waals surface area contributed by atoms with E-state index < -0.39 is 0 Å². The third kappa shape index (κ3) is 4.08. The van der Waals surface area contributed by atoms with E-state index in [1.165, 1.54) is 0 Å². The Morgan fingerprint density at radius 2 is 2.25 bits per heavy atom. The van der Waals surface area contributed by atoms with Gasteiger partial charge in [-0.2, -0.15) is 0 Å². The molecule has 0 aliphatic carbocycles. The van der Waals surface area contributed by atoms with Gasteiger partial charge in [0.1, 0.15) is 0 Å². The van der Waals surface area contributed by atoms with Crippen LogP contribution in [-0.2, 0) is 4.74 Å². The molecular formula is C15H25N3O2. The molecule has 1 aliphatic heterocycles. The summed E-state index contributed by atoms with van der Waals surface area (Å²) in [5.41, 5.74) is 1.04. The minimum Gasteiger partial charge on any atom is -0.393 e. The number of anilines is 2. The van der Waals surface area contributed by atoms with Gasteiger partial charge in [-0.05, 0) is 38.8 Å². The second kappa shape index (κ2) is 7.45. The summed E-state index contributed by atoms with van der Waals surface area (Å²) in [6, 6.07) is 4.24. The molecule has 2 N–H and O–H groups in total. The van der Waals surface area contributed by atoms with Crippen LogP contribution in [0.3, 0.4) is 0 Å². The van der Waals surface area contributed by atoms with Crippen molar-refractivity contribution in [1.29, 1.82) is 0 Å². The van der Waals surface area contributed by atoms with Gasteiger partial charge in [-0.15, -0.1) is 0 Å². The van der Waals surface area contributed by atoms with Gasteiger partial charge in [0.15, 0.2) is 5.82 Å². The molecule has 5 heteroatoms. The van der Waals surface area contributed by atoms with Crippen molar-refractivity contribution in [3.8, 4) is 0 Å². The lowest BCUT2D eigenvalue weighted by Gasteiger charge is -2.32. The van der Waals surface area contributed by atoms with E-state index >= 15 is 0 Å². The van der Waals surface area contributed by atoms with Crippen LogP contribution in [0.4, 0.5) is 11.5 Å². The van der Waals surface area contributed by atoms with Crippen molar-refractivity contribution in [2.75, 3.05) is 36.5 Å². The number of piperidine rings is 1. The normalized spacial score (nSPS) is 18.1. The molecule has 112 valence electrons. The van der Waals surface area contributed by atoms with Gasteiger partial charge in [0.05, 0.1) is 18.4 Å². The van der Waals surface area contributed by atoms with Crippen molar-refractivity contribution >= 4 is 11.5 Å². The summed E-state index contributed by atoms with van der Waals surface area (Å²) in [6.45, 7) is 7.23. The van der Waals surface area contributed by atoms with E-state index in [4.69, 9.17) is 4.74 Å². The van der Waals surface area contributed by atoms with E-state index in [1.807, 2.05) is 19.2 Å². The Morgan fingerprint density at radius 3 is 2.95 bits per heavy atom. The molecule has 5 nitrogen and oxygen atoms in total. The first-order valence-electron chi connectivity index (χ1n) is 7.43. The number of rotatable bonds is 6. The highest BCUT2D eigenvalue weighted by Crippen LogP contribution is 2.26. The summed E-state index contributed by atoms with van der Waals surface area (Å²) < 4.78 is 5.44. The van der Waals surface area contributed by atoms with Crippen LogP contribution in [0.25, 0.3) is 0 Å². The predicted molar refractivity (Wildman–Crippen MR) is 81.3 cm³/mol. The quantitative estimate of drug-likeness (QED) is 0.832. The van der Waals surface area contributed by atoms with E-state index in [9.17, 15) is 5.11 Å². The first-order valence-corrected chi connectivity index (χ1v) is 7.43. The summed E-state index contributed by atoms with van der Waals surface area (Å²) in [5, 5.41) is 13.1. The number of aliphatic hydroxyl groups excluding tert-OH is 1. The zero-order chi connectivity index (χ0) is 14.4. The van der Waals surface area contributed by atoms with Gasteiger partial charge in [0.25, 0.3) is 0 Å². The first-order chi connectivity index (χ1) is 9.70. The van der Waals surface area contributed by atoms with Crippen molar-refractivity contribution in [1.82, 2.24) is 4.98 Å². The summed E-state index contributed by atoms with van der Waals surface area (Å²) in [7, 11) is 0.